The van der Waals surface area contributed by atoms with Crippen molar-refractivity contribution in [1.82, 2.24) is 4.31 Å². The van der Waals surface area contributed by atoms with E-state index < -0.39 is 16.0 Å². The second-order valence-corrected chi connectivity index (χ2v) is 8.68. The summed E-state index contributed by atoms with van der Waals surface area (Å²) in [4.78, 5) is 17.4. The zero-order valence-electron chi connectivity index (χ0n) is 16.3. The summed E-state index contributed by atoms with van der Waals surface area (Å²) in [6.07, 6.45) is 0. The highest BCUT2D eigenvalue weighted by molar-refractivity contribution is 7.89. The molecule has 4 rings (SSSR count). The van der Waals surface area contributed by atoms with Crippen LogP contribution in [0.15, 0.2) is 69.1 Å². The number of benzene rings is 2. The molecule has 9 heteroatoms. The van der Waals surface area contributed by atoms with E-state index in [1.165, 1.54) is 28.6 Å². The maximum absolute atomic E-state index is 12.6. The summed E-state index contributed by atoms with van der Waals surface area (Å²) in [5.74, 6) is -0.197. The molecular weight excluding hydrogens is 408 g/mol. The Hall–Kier alpha value is -3.01. The molecule has 1 aromatic heterocycles. The van der Waals surface area contributed by atoms with E-state index >= 15 is 0 Å². The minimum Gasteiger partial charge on any atom is -0.455 e. The van der Waals surface area contributed by atoms with Crippen LogP contribution in [0.4, 0.5) is 0 Å². The molecule has 30 heavy (non-hydrogen) atoms. The third kappa shape index (κ3) is 4.13. The van der Waals surface area contributed by atoms with Crippen LogP contribution in [-0.2, 0) is 19.6 Å². The first-order valence-electron chi connectivity index (χ1n) is 9.38. The highest BCUT2D eigenvalue weighted by atomic mass is 32.2. The molecule has 0 bridgehead atoms. The molecule has 1 aliphatic rings. The van der Waals surface area contributed by atoms with Gasteiger partial charge in [0, 0.05) is 18.5 Å². The van der Waals surface area contributed by atoms with Crippen molar-refractivity contribution in [2.24, 2.45) is 5.16 Å². The lowest BCUT2D eigenvalue weighted by molar-refractivity contribution is 0.0516. The Balaban J connectivity index is 1.45. The van der Waals surface area contributed by atoms with Gasteiger partial charge in [-0.15, -0.1) is 0 Å². The normalized spacial score (nSPS) is 16.0. The van der Waals surface area contributed by atoms with Crippen LogP contribution in [0, 0.1) is 0 Å². The Morgan fingerprint density at radius 3 is 2.47 bits per heavy atom. The monoisotopic (exact) mass is 428 g/mol. The van der Waals surface area contributed by atoms with E-state index in [1.54, 1.807) is 6.92 Å². The van der Waals surface area contributed by atoms with Crippen LogP contribution in [-0.4, -0.2) is 50.7 Å². The van der Waals surface area contributed by atoms with Crippen molar-refractivity contribution in [3.05, 3.63) is 65.9 Å². The molecule has 0 atom stereocenters. The summed E-state index contributed by atoms with van der Waals surface area (Å²) < 4.78 is 37.5. The Bertz CT molecular complexity index is 1160. The van der Waals surface area contributed by atoms with Gasteiger partial charge in [0.2, 0.25) is 10.0 Å². The number of ether oxygens (including phenoxy) is 1. The fourth-order valence-corrected chi connectivity index (χ4v) is 4.47. The molecule has 156 valence electrons. The molecule has 0 saturated carbocycles. The van der Waals surface area contributed by atoms with Gasteiger partial charge < -0.3 is 14.0 Å². The Morgan fingerprint density at radius 2 is 1.77 bits per heavy atom. The first-order chi connectivity index (χ1) is 14.4. The fraction of sp³-hybridized carbons (Fsp3) is 0.238. The molecule has 0 radical (unpaired) electrons. The van der Waals surface area contributed by atoms with Gasteiger partial charge in [-0.3, -0.25) is 0 Å². The largest absolute Gasteiger partial charge is 0.455 e. The topological polar surface area (TPSA) is 98.4 Å². The third-order valence-corrected chi connectivity index (χ3v) is 6.66. The Kier molecular flexibility index (Phi) is 5.67. The number of morpholine rings is 1. The minimum absolute atomic E-state index is 0.114. The van der Waals surface area contributed by atoms with E-state index in [0.29, 0.717) is 43.4 Å². The highest BCUT2D eigenvalue weighted by Gasteiger charge is 2.26. The number of carbonyl (C=O) groups excluding carboxylic acids is 1. The van der Waals surface area contributed by atoms with Gasteiger partial charge in [-0.2, -0.15) is 4.31 Å². The number of furan rings is 1. The van der Waals surface area contributed by atoms with Crippen LogP contribution in [0.3, 0.4) is 0 Å². The zero-order valence-corrected chi connectivity index (χ0v) is 17.1. The van der Waals surface area contributed by atoms with E-state index in [-0.39, 0.29) is 10.5 Å². The van der Waals surface area contributed by atoms with E-state index in [1.807, 2.05) is 30.3 Å². The van der Waals surface area contributed by atoms with E-state index in [4.69, 9.17) is 14.0 Å². The number of hydrogen-bond donors (Lipinski definition) is 0. The lowest BCUT2D eigenvalue weighted by Gasteiger charge is -2.26. The van der Waals surface area contributed by atoms with Gasteiger partial charge in [0.15, 0.2) is 5.76 Å². The number of sulfonamides is 1. The van der Waals surface area contributed by atoms with Crippen LogP contribution in [0.2, 0.25) is 0 Å². The van der Waals surface area contributed by atoms with Gasteiger partial charge in [-0.05, 0) is 43.3 Å². The van der Waals surface area contributed by atoms with Gasteiger partial charge in [-0.1, -0.05) is 23.4 Å². The van der Waals surface area contributed by atoms with Crippen molar-refractivity contribution < 1.29 is 27.2 Å². The first kappa shape index (κ1) is 20.3. The van der Waals surface area contributed by atoms with Gasteiger partial charge in [0.1, 0.15) is 11.3 Å². The molecule has 1 saturated heterocycles. The molecular formula is C21H20N2O6S. The van der Waals surface area contributed by atoms with Gasteiger partial charge >= 0.3 is 5.97 Å². The smallest absolute Gasteiger partial charge is 0.365 e. The van der Waals surface area contributed by atoms with Crippen LogP contribution in [0.1, 0.15) is 23.0 Å². The Labute approximate surface area is 173 Å². The first-order valence-corrected chi connectivity index (χ1v) is 10.8. The summed E-state index contributed by atoms with van der Waals surface area (Å²) in [5.41, 5.74) is 1.31. The van der Waals surface area contributed by atoms with E-state index in [0.717, 1.165) is 5.39 Å². The molecule has 1 fully saturated rings. The Morgan fingerprint density at radius 1 is 1.07 bits per heavy atom. The number of hydrogen-bond acceptors (Lipinski definition) is 7. The maximum atomic E-state index is 12.6. The lowest BCUT2D eigenvalue weighted by atomic mass is 10.2. The number of fused-ring (bicyclic) bond motifs is 1. The summed E-state index contributed by atoms with van der Waals surface area (Å²) in [6, 6.07) is 14.9. The molecule has 8 nitrogen and oxygen atoms in total. The average Bonchev–Trinajstić information content (AvgIpc) is 3.22. The molecule has 2 heterocycles. The van der Waals surface area contributed by atoms with E-state index in [2.05, 4.69) is 5.16 Å². The van der Waals surface area contributed by atoms with Gasteiger partial charge in [0.05, 0.1) is 23.7 Å². The predicted molar refractivity (Wildman–Crippen MR) is 110 cm³/mol. The summed E-state index contributed by atoms with van der Waals surface area (Å²) >= 11 is 0. The maximum Gasteiger partial charge on any atom is 0.365 e. The number of para-hydroxylation sites is 1. The van der Waals surface area contributed by atoms with Crippen molar-refractivity contribution in [3.8, 4) is 0 Å². The lowest BCUT2D eigenvalue weighted by Crippen LogP contribution is -2.40. The predicted octanol–water partition coefficient (Wildman–Crippen LogP) is 3.03. The number of rotatable bonds is 5. The molecule has 0 N–H and O–H groups in total. The van der Waals surface area contributed by atoms with Gasteiger partial charge in [0.25, 0.3) is 0 Å². The summed E-state index contributed by atoms with van der Waals surface area (Å²) in [5, 5.41) is 4.77. The second kappa shape index (κ2) is 8.39. The number of nitrogens with zero attached hydrogens (tertiary/aromatic N) is 2. The molecule has 3 aromatic rings. The van der Waals surface area contributed by atoms with Crippen molar-refractivity contribution in [3.63, 3.8) is 0 Å². The average molecular weight is 428 g/mol. The van der Waals surface area contributed by atoms with Crippen molar-refractivity contribution in [2.45, 2.75) is 11.8 Å². The molecule has 0 amide bonds. The molecule has 0 aliphatic carbocycles. The van der Waals surface area contributed by atoms with Crippen molar-refractivity contribution >= 4 is 32.7 Å². The van der Waals surface area contributed by atoms with Crippen LogP contribution in [0.5, 0.6) is 0 Å². The van der Waals surface area contributed by atoms with E-state index in [9.17, 15) is 13.2 Å². The second-order valence-electron chi connectivity index (χ2n) is 6.74. The van der Waals surface area contributed by atoms with Crippen molar-refractivity contribution in [2.75, 3.05) is 26.3 Å². The minimum atomic E-state index is -3.62. The number of oxime groups is 1. The standard InChI is InChI=1S/C21H20N2O6S/c1-15(20-14-17-4-2-3-5-19(17)28-20)22-29-21(24)16-6-8-18(9-7-16)30(25,26)23-10-12-27-13-11-23/h2-9,14H,10-13H2,1H3. The third-order valence-electron chi connectivity index (χ3n) is 4.75. The summed E-state index contributed by atoms with van der Waals surface area (Å²) in [7, 11) is -3.62. The SMILES string of the molecule is CC(=NOC(=O)c1ccc(S(=O)(=O)N2CCOCC2)cc1)c1cc2ccccc2o1. The molecule has 1 aliphatic heterocycles. The summed E-state index contributed by atoms with van der Waals surface area (Å²) in [6.45, 7) is 3.02. The highest BCUT2D eigenvalue weighted by Crippen LogP contribution is 2.20. The fourth-order valence-electron chi connectivity index (χ4n) is 3.07. The van der Waals surface area contributed by atoms with Crippen molar-refractivity contribution in [1.29, 1.82) is 0 Å². The number of carbonyl (C=O) groups is 1. The van der Waals surface area contributed by atoms with Crippen LogP contribution >= 0.6 is 0 Å². The molecule has 2 aromatic carbocycles. The molecule has 0 spiro atoms. The molecule has 0 unspecified atom stereocenters. The van der Waals surface area contributed by atoms with Crippen LogP contribution in [0.25, 0.3) is 11.0 Å². The van der Waals surface area contributed by atoms with Gasteiger partial charge in [-0.25, -0.2) is 13.2 Å². The quantitative estimate of drug-likeness (QED) is 0.352. The van der Waals surface area contributed by atoms with Crippen LogP contribution < -0.4 is 0 Å². The zero-order chi connectivity index (χ0) is 21.1.